The van der Waals surface area contributed by atoms with Gasteiger partial charge in [0.25, 0.3) is 0 Å². The number of nitrogens with one attached hydrogen (secondary N) is 1. The van der Waals surface area contributed by atoms with E-state index in [1.165, 1.54) is 0 Å². The third-order valence-corrected chi connectivity index (χ3v) is 6.00. The molecule has 2 heterocycles. The molecule has 0 fully saturated rings. The molecule has 2 aromatic heterocycles. The van der Waals surface area contributed by atoms with Crippen LogP contribution in [0, 0.1) is 0 Å². The van der Waals surface area contributed by atoms with Crippen LogP contribution in [0.25, 0.3) is 21.9 Å². The summed E-state index contributed by atoms with van der Waals surface area (Å²) < 4.78 is 5.81. The van der Waals surface area contributed by atoms with E-state index in [4.69, 9.17) is 22.3 Å². The Balaban J connectivity index is 1.78. The minimum Gasteiger partial charge on any atom is -0.382 e. The molecular formula is C21H30ClN5S. The number of fused-ring (bicyclic) bond motifs is 3. The number of unbranched alkanes of at least 4 members (excludes halogenated alkanes) is 2. The number of nitrogens with zero attached hydrogens (tertiary/aromatic N) is 3. The number of nitrogen functional groups attached to an aromatic ring is 1. The third kappa shape index (κ3) is 5.10. The number of alkyl halides is 1. The molecule has 0 unspecified atom stereocenters. The molecule has 0 atom stereocenters. The van der Waals surface area contributed by atoms with Gasteiger partial charge in [0, 0.05) is 36.5 Å². The second-order valence-corrected chi connectivity index (χ2v) is 8.35. The topological polar surface area (TPSA) is 68.8 Å². The fourth-order valence-corrected chi connectivity index (χ4v) is 4.42. The molecule has 0 aliphatic rings. The van der Waals surface area contributed by atoms with Gasteiger partial charge in [0.1, 0.15) is 11.3 Å². The van der Waals surface area contributed by atoms with E-state index in [1.807, 2.05) is 12.1 Å². The zero-order valence-corrected chi connectivity index (χ0v) is 18.2. The largest absolute Gasteiger partial charge is 0.382 e. The molecule has 0 saturated heterocycles. The van der Waals surface area contributed by atoms with Crippen molar-refractivity contribution in [2.45, 2.75) is 52.0 Å². The van der Waals surface area contributed by atoms with E-state index in [0.717, 1.165) is 91.0 Å². The molecule has 28 heavy (non-hydrogen) atoms. The van der Waals surface area contributed by atoms with Crippen LogP contribution in [0.1, 0.15) is 44.9 Å². The lowest BCUT2D eigenvalue weighted by Crippen LogP contribution is -2.10. The molecule has 0 spiro atoms. The molecule has 1 aromatic carbocycles. The summed E-state index contributed by atoms with van der Waals surface area (Å²) in [7, 11) is 0. The maximum Gasteiger partial charge on any atom is 0.152 e. The Morgan fingerprint density at radius 3 is 2.82 bits per heavy atom. The smallest absolute Gasteiger partial charge is 0.152 e. The van der Waals surface area contributed by atoms with Crippen molar-refractivity contribution in [2.24, 2.45) is 0 Å². The van der Waals surface area contributed by atoms with Crippen molar-refractivity contribution in [2.75, 3.05) is 23.9 Å². The molecule has 0 bridgehead atoms. The monoisotopic (exact) mass is 419 g/mol. The molecule has 0 radical (unpaired) electrons. The van der Waals surface area contributed by atoms with Crippen molar-refractivity contribution in [3.8, 4) is 0 Å². The van der Waals surface area contributed by atoms with Crippen LogP contribution in [0.3, 0.4) is 0 Å². The first kappa shape index (κ1) is 21.2. The Hall–Kier alpha value is -1.50. The van der Waals surface area contributed by atoms with Crippen molar-refractivity contribution >= 4 is 51.3 Å². The molecular weight excluding hydrogens is 390 g/mol. The standard InChI is InChI=1S/C21H30ClN5S/c1-2-3-11-18-26-19-20(16-9-4-5-10-17(16)25-21(19)23)27(18)14-7-6-13-24-28-15-8-12-22/h4-5,9-10,24H,2-3,6-8,11-15H2,1H3,(H2,23,25). The second-order valence-electron chi connectivity index (χ2n) is 6.99. The van der Waals surface area contributed by atoms with Crippen molar-refractivity contribution in [3.63, 3.8) is 0 Å². The maximum absolute atomic E-state index is 6.26. The first-order valence-corrected chi connectivity index (χ1v) is 11.7. The maximum atomic E-state index is 6.26. The minimum atomic E-state index is 0.530. The van der Waals surface area contributed by atoms with Gasteiger partial charge >= 0.3 is 0 Å². The number of aryl methyl sites for hydroxylation is 2. The van der Waals surface area contributed by atoms with E-state index >= 15 is 0 Å². The molecule has 0 aliphatic carbocycles. The number of pyridine rings is 1. The van der Waals surface area contributed by atoms with E-state index < -0.39 is 0 Å². The number of nitrogens with two attached hydrogens (primary N) is 1. The molecule has 5 nitrogen and oxygen atoms in total. The number of anilines is 1. The number of halogens is 1. The van der Waals surface area contributed by atoms with Crippen molar-refractivity contribution in [3.05, 3.63) is 30.1 Å². The van der Waals surface area contributed by atoms with Crippen molar-refractivity contribution < 1.29 is 0 Å². The van der Waals surface area contributed by atoms with E-state index in [9.17, 15) is 0 Å². The molecule has 0 amide bonds. The van der Waals surface area contributed by atoms with Gasteiger partial charge in [0.2, 0.25) is 0 Å². The van der Waals surface area contributed by atoms with Crippen LogP contribution in [-0.4, -0.2) is 32.7 Å². The number of aromatic nitrogens is 3. The number of imidazole rings is 1. The van der Waals surface area contributed by atoms with Gasteiger partial charge in [0.05, 0.1) is 11.0 Å². The number of hydrogen-bond acceptors (Lipinski definition) is 5. The highest BCUT2D eigenvalue weighted by molar-refractivity contribution is 7.97. The van der Waals surface area contributed by atoms with Gasteiger partial charge in [-0.1, -0.05) is 43.5 Å². The second kappa shape index (κ2) is 10.9. The summed E-state index contributed by atoms with van der Waals surface area (Å²) in [6.45, 7) is 4.18. The number of para-hydroxylation sites is 1. The average molecular weight is 420 g/mol. The molecule has 152 valence electrons. The molecule has 0 aliphatic heterocycles. The predicted molar refractivity (Wildman–Crippen MR) is 123 cm³/mol. The summed E-state index contributed by atoms with van der Waals surface area (Å²) in [4.78, 5) is 9.46. The fourth-order valence-electron chi connectivity index (χ4n) is 3.41. The van der Waals surface area contributed by atoms with Gasteiger partial charge in [-0.2, -0.15) is 0 Å². The normalized spacial score (nSPS) is 11.6. The Bertz CT molecular complexity index is 895. The molecule has 0 saturated carbocycles. The third-order valence-electron chi connectivity index (χ3n) is 4.84. The zero-order chi connectivity index (χ0) is 19.8. The van der Waals surface area contributed by atoms with E-state index in [-0.39, 0.29) is 0 Å². The van der Waals surface area contributed by atoms with Gasteiger partial charge < -0.3 is 10.3 Å². The highest BCUT2D eigenvalue weighted by Gasteiger charge is 2.16. The quantitative estimate of drug-likeness (QED) is 0.241. The Labute approximate surface area is 176 Å². The number of rotatable bonds is 12. The van der Waals surface area contributed by atoms with Crippen LogP contribution in [0.15, 0.2) is 24.3 Å². The average Bonchev–Trinajstić information content (AvgIpc) is 3.08. The summed E-state index contributed by atoms with van der Waals surface area (Å²) in [5, 5.41) is 1.14. The van der Waals surface area contributed by atoms with Crippen LogP contribution in [0.5, 0.6) is 0 Å². The SMILES string of the molecule is CCCCc1nc2c(N)nc3ccccc3c2n1CCCCNSCCCCl. The summed E-state index contributed by atoms with van der Waals surface area (Å²) in [6.07, 6.45) is 6.53. The number of hydrogen-bond donors (Lipinski definition) is 2. The van der Waals surface area contributed by atoms with E-state index in [0.29, 0.717) is 5.82 Å². The van der Waals surface area contributed by atoms with Crippen LogP contribution < -0.4 is 10.5 Å². The van der Waals surface area contributed by atoms with Gasteiger partial charge in [-0.05, 0) is 31.7 Å². The number of benzene rings is 1. The Morgan fingerprint density at radius 2 is 2.00 bits per heavy atom. The predicted octanol–water partition coefficient (Wildman–Crippen LogP) is 5.16. The Morgan fingerprint density at radius 1 is 1.14 bits per heavy atom. The molecule has 7 heteroatoms. The first-order valence-electron chi connectivity index (χ1n) is 10.2. The highest BCUT2D eigenvalue weighted by Crippen LogP contribution is 2.29. The van der Waals surface area contributed by atoms with Crippen LogP contribution in [-0.2, 0) is 13.0 Å². The van der Waals surface area contributed by atoms with Crippen molar-refractivity contribution in [1.29, 1.82) is 0 Å². The highest BCUT2D eigenvalue weighted by atomic mass is 35.5. The Kier molecular flexibility index (Phi) is 8.25. The lowest BCUT2D eigenvalue weighted by atomic mass is 10.2. The first-order chi connectivity index (χ1) is 13.8. The summed E-state index contributed by atoms with van der Waals surface area (Å²) in [6, 6.07) is 8.22. The van der Waals surface area contributed by atoms with E-state index in [2.05, 4.69) is 33.3 Å². The van der Waals surface area contributed by atoms with Crippen LogP contribution in [0.2, 0.25) is 0 Å². The zero-order valence-electron chi connectivity index (χ0n) is 16.6. The van der Waals surface area contributed by atoms with Gasteiger partial charge in [-0.3, -0.25) is 4.72 Å². The lowest BCUT2D eigenvalue weighted by Gasteiger charge is -2.11. The summed E-state index contributed by atoms with van der Waals surface area (Å²) >= 11 is 7.48. The van der Waals surface area contributed by atoms with Crippen LogP contribution in [0.4, 0.5) is 5.82 Å². The minimum absolute atomic E-state index is 0.530. The summed E-state index contributed by atoms with van der Waals surface area (Å²) in [5.74, 6) is 3.46. The van der Waals surface area contributed by atoms with Gasteiger partial charge in [0.15, 0.2) is 5.82 Å². The summed E-state index contributed by atoms with van der Waals surface area (Å²) in [5.41, 5.74) is 9.18. The van der Waals surface area contributed by atoms with E-state index in [1.54, 1.807) is 11.9 Å². The van der Waals surface area contributed by atoms with Crippen molar-refractivity contribution in [1.82, 2.24) is 19.3 Å². The van der Waals surface area contributed by atoms with Crippen LogP contribution >= 0.6 is 23.5 Å². The molecule has 3 aromatic rings. The van der Waals surface area contributed by atoms with Gasteiger partial charge in [-0.15, -0.1) is 11.6 Å². The lowest BCUT2D eigenvalue weighted by molar-refractivity contribution is 0.588. The molecule has 3 rings (SSSR count). The fraction of sp³-hybridized carbons (Fsp3) is 0.524. The molecule has 3 N–H and O–H groups in total. The van der Waals surface area contributed by atoms with Gasteiger partial charge in [-0.25, -0.2) is 9.97 Å².